The molecule has 0 aliphatic heterocycles. The van der Waals surface area contributed by atoms with Crippen molar-refractivity contribution in [2.24, 2.45) is 0 Å². The van der Waals surface area contributed by atoms with Crippen molar-refractivity contribution in [3.63, 3.8) is 0 Å². The molecule has 0 radical (unpaired) electrons. The normalized spacial score (nSPS) is 10.7. The van der Waals surface area contributed by atoms with E-state index in [0.29, 0.717) is 23.6 Å². The summed E-state index contributed by atoms with van der Waals surface area (Å²) in [5.41, 5.74) is 1.05. The largest absolute Gasteiger partial charge is 0.457 e. The number of nitrogens with zero attached hydrogens (tertiary/aromatic N) is 2. The molecule has 0 aliphatic carbocycles. The quantitative estimate of drug-likeness (QED) is 0.809. The maximum absolute atomic E-state index is 12.0. The number of nitriles is 1. The van der Waals surface area contributed by atoms with Crippen LogP contribution in [0.2, 0.25) is 0 Å². The summed E-state index contributed by atoms with van der Waals surface area (Å²) >= 11 is 0. The molecule has 0 heterocycles. The molecule has 5 nitrogen and oxygen atoms in total. The van der Waals surface area contributed by atoms with Gasteiger partial charge in [0.1, 0.15) is 17.1 Å². The standard InChI is InChI=1S/C20H22N2O3/c1-20(2,3)25-19(23)22(4)14-16-7-11-18(12-8-16)24-17-9-5-15(13-21)6-10-17/h5-12H,14H2,1-4H3. The van der Waals surface area contributed by atoms with Crippen molar-refractivity contribution in [3.8, 4) is 17.6 Å². The Morgan fingerprint density at radius 1 is 1.04 bits per heavy atom. The number of carbonyl (C=O) groups is 1. The molecule has 0 saturated heterocycles. The van der Waals surface area contributed by atoms with Gasteiger partial charge in [0.2, 0.25) is 0 Å². The molecule has 0 atom stereocenters. The van der Waals surface area contributed by atoms with Crippen molar-refractivity contribution in [3.05, 3.63) is 59.7 Å². The first-order valence-electron chi connectivity index (χ1n) is 7.98. The molecule has 1 amide bonds. The summed E-state index contributed by atoms with van der Waals surface area (Å²) in [4.78, 5) is 13.5. The Bertz CT molecular complexity index is 754. The highest BCUT2D eigenvalue weighted by Crippen LogP contribution is 2.22. The van der Waals surface area contributed by atoms with Gasteiger partial charge >= 0.3 is 6.09 Å². The van der Waals surface area contributed by atoms with Crippen LogP contribution in [0.15, 0.2) is 48.5 Å². The molecule has 0 spiro atoms. The maximum atomic E-state index is 12.0. The second kappa shape index (κ2) is 7.71. The number of carbonyl (C=O) groups excluding carboxylic acids is 1. The molecular formula is C20H22N2O3. The summed E-state index contributed by atoms with van der Waals surface area (Å²) in [5.74, 6) is 1.35. The molecular weight excluding hydrogens is 316 g/mol. The lowest BCUT2D eigenvalue weighted by Gasteiger charge is -2.24. The van der Waals surface area contributed by atoms with Crippen LogP contribution in [-0.2, 0) is 11.3 Å². The number of hydrogen-bond acceptors (Lipinski definition) is 4. The van der Waals surface area contributed by atoms with Crippen molar-refractivity contribution in [2.75, 3.05) is 7.05 Å². The Labute approximate surface area is 148 Å². The SMILES string of the molecule is CN(Cc1ccc(Oc2ccc(C#N)cc2)cc1)C(=O)OC(C)(C)C. The zero-order chi connectivity index (χ0) is 18.4. The lowest BCUT2D eigenvalue weighted by Crippen LogP contribution is -2.33. The summed E-state index contributed by atoms with van der Waals surface area (Å²) in [6.45, 7) is 5.97. The zero-order valence-electron chi connectivity index (χ0n) is 14.9. The third kappa shape index (κ3) is 5.85. The summed E-state index contributed by atoms with van der Waals surface area (Å²) in [6.07, 6.45) is -0.356. The predicted molar refractivity (Wildman–Crippen MR) is 95.4 cm³/mol. The van der Waals surface area contributed by atoms with E-state index in [1.807, 2.05) is 45.0 Å². The van der Waals surface area contributed by atoms with Crippen LogP contribution in [0.5, 0.6) is 11.5 Å². The molecule has 130 valence electrons. The second-order valence-electron chi connectivity index (χ2n) is 6.72. The van der Waals surface area contributed by atoms with Crippen LogP contribution >= 0.6 is 0 Å². The van der Waals surface area contributed by atoms with Crippen molar-refractivity contribution in [1.82, 2.24) is 4.90 Å². The van der Waals surface area contributed by atoms with Gasteiger partial charge in [0.25, 0.3) is 0 Å². The molecule has 0 N–H and O–H groups in total. The fraction of sp³-hybridized carbons (Fsp3) is 0.300. The second-order valence-corrected chi connectivity index (χ2v) is 6.72. The number of benzene rings is 2. The minimum atomic E-state index is -0.510. The molecule has 0 aromatic heterocycles. The topological polar surface area (TPSA) is 62.6 Å². The van der Waals surface area contributed by atoms with E-state index in [4.69, 9.17) is 14.7 Å². The minimum Gasteiger partial charge on any atom is -0.457 e. The number of ether oxygens (including phenoxy) is 2. The van der Waals surface area contributed by atoms with Gasteiger partial charge in [-0.15, -0.1) is 0 Å². The fourth-order valence-corrected chi connectivity index (χ4v) is 2.07. The molecule has 0 saturated carbocycles. The molecule has 25 heavy (non-hydrogen) atoms. The van der Waals surface area contributed by atoms with Crippen LogP contribution in [0, 0.1) is 11.3 Å². The van der Waals surface area contributed by atoms with Crippen LogP contribution in [-0.4, -0.2) is 23.6 Å². The van der Waals surface area contributed by atoms with E-state index in [2.05, 4.69) is 6.07 Å². The summed E-state index contributed by atoms with van der Waals surface area (Å²) < 4.78 is 11.1. The molecule has 2 aromatic carbocycles. The zero-order valence-corrected chi connectivity index (χ0v) is 14.9. The van der Waals surface area contributed by atoms with E-state index in [9.17, 15) is 4.79 Å². The van der Waals surface area contributed by atoms with E-state index in [-0.39, 0.29) is 6.09 Å². The Kier molecular flexibility index (Phi) is 5.66. The number of rotatable bonds is 4. The van der Waals surface area contributed by atoms with Crippen LogP contribution in [0.4, 0.5) is 4.79 Å². The monoisotopic (exact) mass is 338 g/mol. The van der Waals surface area contributed by atoms with Crippen LogP contribution in [0.1, 0.15) is 31.9 Å². The van der Waals surface area contributed by atoms with Gasteiger partial charge in [-0.2, -0.15) is 5.26 Å². The van der Waals surface area contributed by atoms with Crippen molar-refractivity contribution >= 4 is 6.09 Å². The van der Waals surface area contributed by atoms with Gasteiger partial charge in [0.15, 0.2) is 0 Å². The first-order valence-corrected chi connectivity index (χ1v) is 7.98. The van der Waals surface area contributed by atoms with E-state index < -0.39 is 5.60 Å². The van der Waals surface area contributed by atoms with Crippen LogP contribution in [0.3, 0.4) is 0 Å². The van der Waals surface area contributed by atoms with E-state index in [0.717, 1.165) is 5.56 Å². The van der Waals surface area contributed by atoms with E-state index in [1.165, 1.54) is 4.90 Å². The van der Waals surface area contributed by atoms with Gasteiger partial charge in [0, 0.05) is 13.6 Å². The van der Waals surface area contributed by atoms with Crippen LogP contribution < -0.4 is 4.74 Å². The van der Waals surface area contributed by atoms with Gasteiger partial charge < -0.3 is 14.4 Å². The Morgan fingerprint density at radius 3 is 2.04 bits per heavy atom. The highest BCUT2D eigenvalue weighted by atomic mass is 16.6. The van der Waals surface area contributed by atoms with Gasteiger partial charge in [-0.05, 0) is 62.7 Å². The third-order valence-corrected chi connectivity index (χ3v) is 3.27. The highest BCUT2D eigenvalue weighted by Gasteiger charge is 2.19. The van der Waals surface area contributed by atoms with E-state index in [1.54, 1.807) is 31.3 Å². The highest BCUT2D eigenvalue weighted by molar-refractivity contribution is 5.67. The Balaban J connectivity index is 1.95. The lowest BCUT2D eigenvalue weighted by atomic mass is 10.2. The van der Waals surface area contributed by atoms with Crippen LogP contribution in [0.25, 0.3) is 0 Å². The first kappa shape index (κ1) is 18.3. The molecule has 0 unspecified atom stereocenters. The average Bonchev–Trinajstić information content (AvgIpc) is 2.56. The van der Waals surface area contributed by atoms with E-state index >= 15 is 0 Å². The molecule has 5 heteroatoms. The number of hydrogen-bond donors (Lipinski definition) is 0. The summed E-state index contributed by atoms with van der Waals surface area (Å²) in [6, 6.07) is 16.5. The summed E-state index contributed by atoms with van der Waals surface area (Å²) in [7, 11) is 1.70. The Morgan fingerprint density at radius 2 is 1.56 bits per heavy atom. The van der Waals surface area contributed by atoms with Gasteiger partial charge in [-0.3, -0.25) is 0 Å². The summed E-state index contributed by atoms with van der Waals surface area (Å²) in [5, 5.41) is 8.79. The minimum absolute atomic E-state index is 0.356. The predicted octanol–water partition coefficient (Wildman–Crippen LogP) is 4.72. The molecule has 0 bridgehead atoms. The smallest absolute Gasteiger partial charge is 0.410 e. The third-order valence-electron chi connectivity index (χ3n) is 3.27. The fourth-order valence-electron chi connectivity index (χ4n) is 2.07. The van der Waals surface area contributed by atoms with Gasteiger partial charge in [0.05, 0.1) is 11.6 Å². The molecule has 2 rings (SSSR count). The lowest BCUT2D eigenvalue weighted by molar-refractivity contribution is 0.0285. The molecule has 0 aliphatic rings. The Hall–Kier alpha value is -3.00. The van der Waals surface area contributed by atoms with Crippen molar-refractivity contribution in [2.45, 2.75) is 32.9 Å². The van der Waals surface area contributed by atoms with Gasteiger partial charge in [-0.1, -0.05) is 12.1 Å². The number of amides is 1. The first-order chi connectivity index (χ1) is 11.8. The van der Waals surface area contributed by atoms with Crippen molar-refractivity contribution in [1.29, 1.82) is 5.26 Å². The van der Waals surface area contributed by atoms with Gasteiger partial charge in [-0.25, -0.2) is 4.79 Å². The molecule has 0 fully saturated rings. The molecule has 2 aromatic rings. The average molecular weight is 338 g/mol. The maximum Gasteiger partial charge on any atom is 0.410 e. The van der Waals surface area contributed by atoms with Crippen molar-refractivity contribution < 1.29 is 14.3 Å².